The van der Waals surface area contributed by atoms with Crippen LogP contribution in [0.15, 0.2) is 41.3 Å². The average Bonchev–Trinajstić information content (AvgIpc) is 3.70. The molecular weight excluding hydrogens is 824 g/mol. The molecule has 0 bridgehead atoms. The summed E-state index contributed by atoms with van der Waals surface area (Å²) in [4.78, 5) is 30.1. The van der Waals surface area contributed by atoms with Crippen LogP contribution >= 0.6 is 7.82 Å². The van der Waals surface area contributed by atoms with Gasteiger partial charge in [0, 0.05) is 30.5 Å². The minimum absolute atomic E-state index is 0.0600. The van der Waals surface area contributed by atoms with E-state index in [1.165, 1.54) is 38.4 Å². The van der Waals surface area contributed by atoms with Crippen LogP contribution in [0.1, 0.15) is 63.5 Å². The third kappa shape index (κ3) is 9.91. The number of methoxy groups -OCH3 is 3. The summed E-state index contributed by atoms with van der Waals surface area (Å²) < 4.78 is 105. The lowest BCUT2D eigenvalue weighted by atomic mass is 9.94. The van der Waals surface area contributed by atoms with Crippen molar-refractivity contribution >= 4 is 66.9 Å². The number of benzene rings is 3. The largest absolute Gasteiger partial charge is 0.493 e. The molecule has 1 amide bonds. The molecule has 5 rings (SSSR count). The predicted octanol–water partition coefficient (Wildman–Crippen LogP) is 6.01. The Balaban J connectivity index is 1.53. The van der Waals surface area contributed by atoms with Gasteiger partial charge in [0.15, 0.2) is 11.5 Å². The molecule has 0 spiro atoms. The van der Waals surface area contributed by atoms with E-state index in [0.29, 0.717) is 22.2 Å². The molecule has 3 aromatic carbocycles. The van der Waals surface area contributed by atoms with Crippen molar-refractivity contribution in [3.8, 4) is 17.2 Å². The maximum atomic E-state index is 14.3. The first-order valence-corrected chi connectivity index (χ1v) is 22.4. The van der Waals surface area contributed by atoms with Crippen molar-refractivity contribution < 1.29 is 63.1 Å². The maximum absolute atomic E-state index is 14.3. The molecule has 0 saturated carbocycles. The SMILES string of the molecule is COc1cc2cc(C(=O)N3CC(COS(C)(=O)=O)c4c3cc([N+](=O)[O-])c3cc(S(=O)(=O)NCCOP(=O)(OC(C)(C)C)OC(C)(C)C)ccc43)[nH]c2c(OC)c1OC. The lowest BCUT2D eigenvalue weighted by molar-refractivity contribution is -0.383. The molecule has 2 N–H and O–H groups in total. The quantitative estimate of drug-likeness (QED) is 0.0431. The normalized spacial score (nSPS) is 15.2. The molecule has 4 aromatic rings. The number of sulfonamides is 1. The van der Waals surface area contributed by atoms with Crippen LogP contribution in [0.3, 0.4) is 0 Å². The van der Waals surface area contributed by atoms with Gasteiger partial charge in [0.1, 0.15) is 5.69 Å². The number of rotatable bonds is 16. The summed E-state index contributed by atoms with van der Waals surface area (Å²) in [5.41, 5.74) is -1.48. The number of fused-ring (bicyclic) bond motifs is 4. The van der Waals surface area contributed by atoms with Crippen LogP contribution in [-0.2, 0) is 42.5 Å². The number of H-pyrrole nitrogens is 1. The monoisotopic (exact) mass is 870 g/mol. The molecular formula is C36H47N4O15PS2. The number of carbonyl (C=O) groups is 1. The van der Waals surface area contributed by atoms with E-state index in [-0.39, 0.29) is 51.6 Å². The highest BCUT2D eigenvalue weighted by molar-refractivity contribution is 7.89. The number of carbonyl (C=O) groups excluding carboxylic acids is 1. The van der Waals surface area contributed by atoms with Crippen molar-refractivity contribution in [1.29, 1.82) is 0 Å². The van der Waals surface area contributed by atoms with Gasteiger partial charge in [-0.2, -0.15) is 8.42 Å². The van der Waals surface area contributed by atoms with E-state index in [1.54, 1.807) is 53.7 Å². The number of anilines is 1. The number of aromatic nitrogens is 1. The summed E-state index contributed by atoms with van der Waals surface area (Å²) in [6.45, 7) is 8.54. The van der Waals surface area contributed by atoms with Gasteiger partial charge in [0.2, 0.25) is 15.8 Å². The highest BCUT2D eigenvalue weighted by Gasteiger charge is 2.40. The number of nitro benzene ring substituents is 1. The number of nitro groups is 1. The topological polar surface area (TPSA) is 241 Å². The van der Waals surface area contributed by atoms with Gasteiger partial charge in [0.25, 0.3) is 21.7 Å². The number of nitrogens with one attached hydrogen (secondary N) is 2. The first kappa shape index (κ1) is 44.8. The number of aromatic amines is 1. The summed E-state index contributed by atoms with van der Waals surface area (Å²) >= 11 is 0. The molecule has 1 aliphatic heterocycles. The van der Waals surface area contributed by atoms with Crippen LogP contribution in [-0.4, -0.2) is 97.7 Å². The Hall–Kier alpha value is -4.34. The van der Waals surface area contributed by atoms with Crippen LogP contribution in [0, 0.1) is 10.1 Å². The zero-order chi connectivity index (χ0) is 43.2. The first-order chi connectivity index (χ1) is 26.8. The van der Waals surface area contributed by atoms with Crippen molar-refractivity contribution in [2.45, 2.75) is 63.6 Å². The van der Waals surface area contributed by atoms with Gasteiger partial charge in [-0.15, -0.1) is 0 Å². The Morgan fingerprint density at radius 2 is 1.59 bits per heavy atom. The van der Waals surface area contributed by atoms with Crippen molar-refractivity contribution in [3.63, 3.8) is 0 Å². The summed E-state index contributed by atoms with van der Waals surface area (Å²) in [6.07, 6.45) is 0.864. The second-order valence-corrected chi connectivity index (χ2v) is 20.2. The molecule has 1 atom stereocenters. The van der Waals surface area contributed by atoms with E-state index >= 15 is 0 Å². The predicted molar refractivity (Wildman–Crippen MR) is 214 cm³/mol. The fourth-order valence-corrected chi connectivity index (χ4v) is 9.72. The van der Waals surface area contributed by atoms with Gasteiger partial charge in [-0.1, -0.05) is 6.07 Å². The Labute approximate surface area is 336 Å². The number of hydrogen-bond acceptors (Lipinski definition) is 15. The van der Waals surface area contributed by atoms with Gasteiger partial charge in [-0.25, -0.2) is 17.7 Å². The number of ether oxygens (including phenoxy) is 3. The van der Waals surface area contributed by atoms with Gasteiger partial charge in [-0.3, -0.25) is 32.7 Å². The van der Waals surface area contributed by atoms with E-state index < -0.39 is 74.8 Å². The van der Waals surface area contributed by atoms with Gasteiger partial charge in [-0.05, 0) is 76.8 Å². The molecule has 19 nitrogen and oxygen atoms in total. The number of hydrogen-bond donors (Lipinski definition) is 2. The first-order valence-electron chi connectivity index (χ1n) is 17.7. The van der Waals surface area contributed by atoms with Crippen LogP contribution in [0.5, 0.6) is 17.2 Å². The summed E-state index contributed by atoms with van der Waals surface area (Å²) in [5.74, 6) is -0.574. The number of non-ortho nitro benzene ring substituents is 1. The summed E-state index contributed by atoms with van der Waals surface area (Å²) in [5, 5.41) is 13.2. The van der Waals surface area contributed by atoms with Gasteiger partial charge < -0.3 is 24.1 Å². The second-order valence-electron chi connectivity index (χ2n) is 15.3. The average molecular weight is 871 g/mol. The van der Waals surface area contributed by atoms with Crippen LogP contribution < -0.4 is 23.8 Å². The van der Waals surface area contributed by atoms with E-state index in [2.05, 4.69) is 9.71 Å². The highest BCUT2D eigenvalue weighted by Crippen LogP contribution is 2.55. The van der Waals surface area contributed by atoms with Crippen LogP contribution in [0.4, 0.5) is 11.4 Å². The van der Waals surface area contributed by atoms with Gasteiger partial charge >= 0.3 is 7.82 Å². The van der Waals surface area contributed by atoms with Crippen molar-refractivity contribution in [2.24, 2.45) is 0 Å². The molecule has 1 aromatic heterocycles. The Bertz CT molecular complexity index is 2510. The Morgan fingerprint density at radius 3 is 2.14 bits per heavy atom. The lowest BCUT2D eigenvalue weighted by Crippen LogP contribution is -2.31. The van der Waals surface area contributed by atoms with Crippen LogP contribution in [0.2, 0.25) is 0 Å². The molecule has 1 aliphatic rings. The van der Waals surface area contributed by atoms with E-state index in [0.717, 1.165) is 18.4 Å². The lowest BCUT2D eigenvalue weighted by Gasteiger charge is -2.30. The molecule has 1 unspecified atom stereocenters. The maximum Gasteiger partial charge on any atom is 0.475 e. The zero-order valence-electron chi connectivity index (χ0n) is 33.7. The molecule has 318 valence electrons. The van der Waals surface area contributed by atoms with Crippen molar-refractivity contribution in [3.05, 3.63) is 57.8 Å². The number of amides is 1. The fourth-order valence-electron chi connectivity index (χ4n) is 6.47. The molecule has 0 saturated heterocycles. The minimum Gasteiger partial charge on any atom is -0.493 e. The van der Waals surface area contributed by atoms with Crippen molar-refractivity contribution in [1.82, 2.24) is 9.71 Å². The minimum atomic E-state index is -4.35. The number of phosphoric acid groups is 1. The summed E-state index contributed by atoms with van der Waals surface area (Å²) in [6, 6.07) is 8.00. The second kappa shape index (κ2) is 16.4. The Kier molecular flexibility index (Phi) is 12.6. The molecule has 2 heterocycles. The number of nitrogens with zero attached hydrogens (tertiary/aromatic N) is 2. The molecule has 0 radical (unpaired) electrons. The zero-order valence-corrected chi connectivity index (χ0v) is 36.2. The molecule has 58 heavy (non-hydrogen) atoms. The van der Waals surface area contributed by atoms with Crippen LogP contribution in [0.25, 0.3) is 21.7 Å². The van der Waals surface area contributed by atoms with E-state index in [9.17, 15) is 36.3 Å². The fraction of sp³-hybridized carbons (Fsp3) is 0.472. The summed E-state index contributed by atoms with van der Waals surface area (Å²) in [7, 11) is -8.18. The third-order valence-corrected chi connectivity index (χ3v) is 12.6. The van der Waals surface area contributed by atoms with E-state index in [1.807, 2.05) is 0 Å². The molecule has 0 fully saturated rings. The van der Waals surface area contributed by atoms with Gasteiger partial charge in [0.05, 0.1) is 78.4 Å². The smallest absolute Gasteiger partial charge is 0.475 e. The molecule has 0 aliphatic carbocycles. The number of phosphoric ester groups is 1. The third-order valence-electron chi connectivity index (χ3n) is 8.51. The van der Waals surface area contributed by atoms with Crippen molar-refractivity contribution in [2.75, 3.05) is 58.8 Å². The standard InChI is InChI=1S/C36H47N4O15PS2/c1-35(2,3)54-56(44,55-36(4,5)6)52-14-13-37-58(47,48)23-11-12-24-25(17-23)27(40(42)43)18-28-30(24)22(20-53-57(10,45)46)19-39(28)34(41)26-15-21-16-29(49-7)32(50-8)33(51-9)31(21)38-26/h11-12,15-18,22,37-38H,13-14,19-20H2,1-10H3. The van der Waals surface area contributed by atoms with E-state index in [4.69, 9.17) is 32.0 Å². The highest BCUT2D eigenvalue weighted by atomic mass is 32.2. The molecule has 22 heteroatoms. The Morgan fingerprint density at radius 1 is 0.948 bits per heavy atom.